The molecule has 0 spiro atoms. The van der Waals surface area contributed by atoms with Crippen molar-refractivity contribution < 1.29 is 9.47 Å². The number of fused-ring (bicyclic) bond motifs is 2. The van der Waals surface area contributed by atoms with E-state index in [0.717, 1.165) is 26.1 Å². The van der Waals surface area contributed by atoms with Crippen molar-refractivity contribution in [3.05, 3.63) is 47.6 Å². The Morgan fingerprint density at radius 1 is 1.15 bits per heavy atom. The fraction of sp³-hybridized carbons (Fsp3) is 0.458. The molecule has 1 aliphatic carbocycles. The molecule has 3 heterocycles. The molecule has 1 N–H and O–H groups in total. The molecule has 0 amide bonds. The van der Waals surface area contributed by atoms with Crippen LogP contribution in [0.2, 0.25) is 5.02 Å². The predicted octanol–water partition coefficient (Wildman–Crippen LogP) is 4.86. The third kappa shape index (κ3) is 4.71. The average molecular weight is 469 g/mol. The lowest BCUT2D eigenvalue weighted by atomic mass is 9.92. The number of piperidine rings is 1. The topological polar surface area (TPSA) is 77.3 Å². The number of nitrogens with zero attached hydrogens (tertiary/aromatic N) is 5. The van der Waals surface area contributed by atoms with E-state index in [0.29, 0.717) is 46.5 Å². The quantitative estimate of drug-likeness (QED) is 0.505. The summed E-state index contributed by atoms with van der Waals surface area (Å²) < 4.78 is 13.1. The van der Waals surface area contributed by atoms with Crippen LogP contribution in [0, 0.1) is 11.8 Å². The SMILES string of the molecule is CCCn1nc(N[C@@H]2[C@@H]3CC[C@H]2CN(c2ccnc(OC)c2)C3)nc1Oc1cccc(Cl)c1. The average Bonchev–Trinajstić information content (AvgIpc) is 3.28. The summed E-state index contributed by atoms with van der Waals surface area (Å²) in [5.74, 6) is 2.98. The highest BCUT2D eigenvalue weighted by molar-refractivity contribution is 6.30. The number of aryl methyl sites for hydroxylation is 1. The maximum absolute atomic E-state index is 6.11. The summed E-state index contributed by atoms with van der Waals surface area (Å²) in [5, 5.41) is 8.98. The molecule has 2 bridgehead atoms. The van der Waals surface area contributed by atoms with Crippen molar-refractivity contribution in [3.63, 3.8) is 0 Å². The molecule has 1 aliphatic heterocycles. The fourth-order valence-electron chi connectivity index (χ4n) is 4.98. The monoisotopic (exact) mass is 468 g/mol. The zero-order chi connectivity index (χ0) is 22.8. The van der Waals surface area contributed by atoms with Gasteiger partial charge in [0.2, 0.25) is 11.8 Å². The molecular formula is C24H29ClN6O2. The summed E-state index contributed by atoms with van der Waals surface area (Å²) >= 11 is 6.11. The molecule has 3 atom stereocenters. The number of halogens is 1. The maximum atomic E-state index is 6.11. The third-order valence-corrected chi connectivity index (χ3v) is 6.74. The van der Waals surface area contributed by atoms with Crippen LogP contribution in [0.25, 0.3) is 0 Å². The van der Waals surface area contributed by atoms with Gasteiger partial charge in [-0.1, -0.05) is 24.6 Å². The molecular weight excluding hydrogens is 440 g/mol. The summed E-state index contributed by atoms with van der Waals surface area (Å²) in [5.41, 5.74) is 1.17. The minimum Gasteiger partial charge on any atom is -0.481 e. The Morgan fingerprint density at radius 3 is 2.70 bits per heavy atom. The Morgan fingerprint density at radius 2 is 1.97 bits per heavy atom. The van der Waals surface area contributed by atoms with Gasteiger partial charge in [0.15, 0.2) is 0 Å². The van der Waals surface area contributed by atoms with Crippen LogP contribution in [0.3, 0.4) is 0 Å². The van der Waals surface area contributed by atoms with E-state index in [1.807, 2.05) is 35.1 Å². The minimum absolute atomic E-state index is 0.349. The first kappa shape index (κ1) is 21.8. The Kier molecular flexibility index (Phi) is 6.26. The van der Waals surface area contributed by atoms with Crippen LogP contribution in [-0.2, 0) is 6.54 Å². The second kappa shape index (κ2) is 9.47. The number of rotatable bonds is 8. The lowest BCUT2D eigenvalue weighted by Crippen LogP contribution is -2.48. The lowest BCUT2D eigenvalue weighted by molar-refractivity contribution is 0.374. The van der Waals surface area contributed by atoms with Crippen LogP contribution < -0.4 is 19.7 Å². The molecule has 8 nitrogen and oxygen atoms in total. The molecule has 1 aromatic carbocycles. The summed E-state index contributed by atoms with van der Waals surface area (Å²) in [6.07, 6.45) is 5.14. The van der Waals surface area contributed by atoms with Gasteiger partial charge in [-0.2, -0.15) is 4.98 Å². The maximum Gasteiger partial charge on any atom is 0.322 e. The second-order valence-electron chi connectivity index (χ2n) is 8.73. The van der Waals surface area contributed by atoms with Gasteiger partial charge in [0.1, 0.15) is 5.75 Å². The Bertz CT molecular complexity index is 1090. The second-order valence-corrected chi connectivity index (χ2v) is 9.17. The number of anilines is 2. The predicted molar refractivity (Wildman–Crippen MR) is 128 cm³/mol. The number of hydrogen-bond donors (Lipinski definition) is 1. The van der Waals surface area contributed by atoms with Crippen molar-refractivity contribution in [2.75, 3.05) is 30.4 Å². The summed E-state index contributed by atoms with van der Waals surface area (Å²) in [6, 6.07) is 12.2. The van der Waals surface area contributed by atoms with Gasteiger partial charge in [-0.3, -0.25) is 0 Å². The van der Waals surface area contributed by atoms with Crippen LogP contribution in [0.15, 0.2) is 42.6 Å². The number of pyridine rings is 1. The van der Waals surface area contributed by atoms with Crippen LogP contribution >= 0.6 is 11.6 Å². The summed E-state index contributed by atoms with van der Waals surface area (Å²) in [6.45, 7) is 4.83. The highest BCUT2D eigenvalue weighted by Gasteiger charge is 2.42. The van der Waals surface area contributed by atoms with E-state index >= 15 is 0 Å². The largest absolute Gasteiger partial charge is 0.481 e. The van der Waals surface area contributed by atoms with E-state index in [1.165, 1.54) is 18.5 Å². The van der Waals surface area contributed by atoms with Crippen LogP contribution in [0.4, 0.5) is 11.6 Å². The molecule has 5 rings (SSSR count). The smallest absolute Gasteiger partial charge is 0.322 e. The fourth-order valence-corrected chi connectivity index (χ4v) is 5.16. The molecule has 2 aromatic heterocycles. The van der Waals surface area contributed by atoms with Crippen molar-refractivity contribution in [1.82, 2.24) is 19.7 Å². The van der Waals surface area contributed by atoms with Gasteiger partial charge in [0, 0.05) is 48.6 Å². The zero-order valence-corrected chi connectivity index (χ0v) is 19.7. The molecule has 3 aromatic rings. The zero-order valence-electron chi connectivity index (χ0n) is 18.9. The Hall–Kier alpha value is -3.00. The Balaban J connectivity index is 1.30. The van der Waals surface area contributed by atoms with E-state index < -0.39 is 0 Å². The molecule has 0 unspecified atom stereocenters. The first-order valence-electron chi connectivity index (χ1n) is 11.5. The highest BCUT2D eigenvalue weighted by Crippen LogP contribution is 2.40. The molecule has 2 aliphatic rings. The number of nitrogens with one attached hydrogen (secondary N) is 1. The minimum atomic E-state index is 0.349. The molecule has 9 heteroatoms. The molecule has 1 saturated carbocycles. The normalized spacial score (nSPS) is 21.8. The number of methoxy groups -OCH3 is 1. The van der Waals surface area contributed by atoms with E-state index in [-0.39, 0.29) is 0 Å². The van der Waals surface area contributed by atoms with Gasteiger partial charge in [-0.25, -0.2) is 9.67 Å². The molecule has 33 heavy (non-hydrogen) atoms. The van der Waals surface area contributed by atoms with E-state index in [1.54, 1.807) is 13.2 Å². The van der Waals surface area contributed by atoms with E-state index in [9.17, 15) is 0 Å². The van der Waals surface area contributed by atoms with Crippen LogP contribution in [0.1, 0.15) is 26.2 Å². The van der Waals surface area contributed by atoms with Crippen molar-refractivity contribution in [2.24, 2.45) is 11.8 Å². The van der Waals surface area contributed by atoms with Crippen LogP contribution in [-0.4, -0.2) is 46.0 Å². The van der Waals surface area contributed by atoms with Gasteiger partial charge in [-0.05, 0) is 55.4 Å². The third-order valence-electron chi connectivity index (χ3n) is 6.50. The van der Waals surface area contributed by atoms with E-state index in [4.69, 9.17) is 26.2 Å². The van der Waals surface area contributed by atoms with Crippen molar-refractivity contribution in [2.45, 2.75) is 38.8 Å². The summed E-state index contributed by atoms with van der Waals surface area (Å²) in [4.78, 5) is 11.4. The van der Waals surface area contributed by atoms with Crippen molar-refractivity contribution >= 4 is 23.2 Å². The van der Waals surface area contributed by atoms with Gasteiger partial charge >= 0.3 is 6.01 Å². The van der Waals surface area contributed by atoms with Gasteiger partial charge < -0.3 is 19.7 Å². The number of ether oxygens (including phenoxy) is 2. The number of benzene rings is 1. The molecule has 174 valence electrons. The van der Waals surface area contributed by atoms with Crippen molar-refractivity contribution in [3.8, 4) is 17.6 Å². The van der Waals surface area contributed by atoms with Crippen molar-refractivity contribution in [1.29, 1.82) is 0 Å². The summed E-state index contributed by atoms with van der Waals surface area (Å²) in [7, 11) is 1.65. The highest BCUT2D eigenvalue weighted by atomic mass is 35.5. The Labute approximate surface area is 198 Å². The molecule has 0 radical (unpaired) electrons. The number of hydrogen-bond acceptors (Lipinski definition) is 7. The van der Waals surface area contributed by atoms with Gasteiger partial charge in [0.25, 0.3) is 0 Å². The standard InChI is InChI=1S/C24H29ClN6O2/c1-3-11-31-24(33-20-6-4-5-18(25)12-20)28-23(29-31)27-22-16-7-8-17(22)15-30(14-16)19-9-10-26-21(13-19)32-2/h4-6,9-10,12-13,16-17,22H,3,7-8,11,14-15H2,1-2H3,(H,27,29)/t16-,17+,22-. The number of aromatic nitrogens is 4. The van der Waals surface area contributed by atoms with E-state index in [2.05, 4.69) is 33.2 Å². The van der Waals surface area contributed by atoms with Crippen LogP contribution in [0.5, 0.6) is 17.6 Å². The molecule has 1 saturated heterocycles. The first-order valence-corrected chi connectivity index (χ1v) is 11.9. The van der Waals surface area contributed by atoms with Gasteiger partial charge in [0.05, 0.1) is 7.11 Å². The lowest BCUT2D eigenvalue weighted by Gasteiger charge is -2.39. The molecule has 2 fully saturated rings. The first-order chi connectivity index (χ1) is 16.1. The van der Waals surface area contributed by atoms with Gasteiger partial charge in [-0.15, -0.1) is 5.10 Å².